The largest absolute Gasteiger partial charge is 0.497 e. The summed E-state index contributed by atoms with van der Waals surface area (Å²) in [6.07, 6.45) is 3.57. The number of imide groups is 1. The Hall–Kier alpha value is -3.80. The Kier molecular flexibility index (Phi) is 4.22. The molecule has 3 amide bonds. The molecular formula is C21H17N3O3. The van der Waals surface area contributed by atoms with Crippen LogP contribution in [0.5, 0.6) is 5.75 Å². The molecule has 27 heavy (non-hydrogen) atoms. The van der Waals surface area contributed by atoms with Gasteiger partial charge in [0.1, 0.15) is 11.4 Å². The van der Waals surface area contributed by atoms with Gasteiger partial charge in [0.25, 0.3) is 5.91 Å². The van der Waals surface area contributed by atoms with Gasteiger partial charge in [-0.15, -0.1) is 0 Å². The highest BCUT2D eigenvalue weighted by atomic mass is 16.5. The van der Waals surface area contributed by atoms with Gasteiger partial charge in [0.05, 0.1) is 12.8 Å². The van der Waals surface area contributed by atoms with E-state index in [4.69, 9.17) is 4.74 Å². The number of ether oxygens (including phenoxy) is 1. The van der Waals surface area contributed by atoms with Crippen LogP contribution in [0.2, 0.25) is 0 Å². The van der Waals surface area contributed by atoms with Crippen molar-refractivity contribution >= 4 is 23.7 Å². The number of rotatable bonds is 4. The fourth-order valence-corrected chi connectivity index (χ4v) is 2.98. The van der Waals surface area contributed by atoms with Gasteiger partial charge in [-0.05, 0) is 54.6 Å². The Balaban J connectivity index is 1.66. The van der Waals surface area contributed by atoms with Crippen molar-refractivity contribution in [2.45, 2.75) is 0 Å². The molecule has 0 unspecified atom stereocenters. The second-order valence-corrected chi connectivity index (χ2v) is 5.97. The number of amides is 3. The van der Waals surface area contributed by atoms with Gasteiger partial charge in [-0.3, -0.25) is 4.79 Å². The molecule has 6 nitrogen and oxygen atoms in total. The van der Waals surface area contributed by atoms with Crippen LogP contribution in [0, 0.1) is 0 Å². The molecule has 0 radical (unpaired) electrons. The van der Waals surface area contributed by atoms with E-state index >= 15 is 0 Å². The molecule has 1 aliphatic heterocycles. The average molecular weight is 359 g/mol. The van der Waals surface area contributed by atoms with Crippen LogP contribution in [0.3, 0.4) is 0 Å². The Morgan fingerprint density at radius 3 is 2.33 bits per heavy atom. The number of urea groups is 1. The van der Waals surface area contributed by atoms with Crippen molar-refractivity contribution < 1.29 is 14.3 Å². The second kappa shape index (κ2) is 6.84. The Bertz CT molecular complexity index is 1020. The maximum Gasteiger partial charge on any atom is 0.333 e. The summed E-state index contributed by atoms with van der Waals surface area (Å²) < 4.78 is 7.11. The van der Waals surface area contributed by atoms with Gasteiger partial charge < -0.3 is 14.6 Å². The third kappa shape index (κ3) is 3.08. The summed E-state index contributed by atoms with van der Waals surface area (Å²) in [6, 6.07) is 19.7. The molecule has 0 bridgehead atoms. The Morgan fingerprint density at radius 1 is 0.889 bits per heavy atom. The number of anilines is 1. The summed E-state index contributed by atoms with van der Waals surface area (Å²) in [6.45, 7) is 0. The van der Waals surface area contributed by atoms with Gasteiger partial charge in [-0.2, -0.15) is 0 Å². The summed E-state index contributed by atoms with van der Waals surface area (Å²) >= 11 is 0. The molecule has 1 N–H and O–H groups in total. The number of benzene rings is 2. The van der Waals surface area contributed by atoms with E-state index in [0.29, 0.717) is 5.69 Å². The van der Waals surface area contributed by atoms with E-state index in [9.17, 15) is 9.59 Å². The SMILES string of the molecule is COc1ccc(-n2cccc2/C=C2/NC(=O)N(c3ccccc3)C2=O)cc1. The molecule has 0 spiro atoms. The molecule has 0 saturated carbocycles. The molecule has 134 valence electrons. The Labute approximate surface area is 156 Å². The lowest BCUT2D eigenvalue weighted by molar-refractivity contribution is -0.113. The summed E-state index contributed by atoms with van der Waals surface area (Å²) in [4.78, 5) is 26.1. The topological polar surface area (TPSA) is 63.6 Å². The molecule has 2 heterocycles. The normalized spacial score (nSPS) is 15.3. The molecule has 0 aliphatic carbocycles. The van der Waals surface area contributed by atoms with E-state index in [0.717, 1.165) is 22.0 Å². The summed E-state index contributed by atoms with van der Waals surface area (Å²) in [5.41, 5.74) is 2.47. The predicted molar refractivity (Wildman–Crippen MR) is 103 cm³/mol. The van der Waals surface area contributed by atoms with Crippen LogP contribution >= 0.6 is 0 Å². The van der Waals surface area contributed by atoms with Crippen LogP contribution in [0.4, 0.5) is 10.5 Å². The molecule has 1 aromatic heterocycles. The lowest BCUT2D eigenvalue weighted by atomic mass is 10.2. The Morgan fingerprint density at radius 2 is 1.63 bits per heavy atom. The van der Waals surface area contributed by atoms with Crippen LogP contribution in [0.15, 0.2) is 78.6 Å². The maximum atomic E-state index is 12.7. The first-order valence-corrected chi connectivity index (χ1v) is 8.41. The standard InChI is InChI=1S/C21H17N3O3/c1-27-18-11-9-15(10-12-18)23-13-5-8-17(23)14-19-20(25)24(21(26)22-19)16-6-3-2-4-7-16/h2-14H,1H3,(H,22,26)/b19-14+. The van der Waals surface area contributed by atoms with Gasteiger partial charge in [0.15, 0.2) is 0 Å². The van der Waals surface area contributed by atoms with Crippen molar-refractivity contribution in [3.05, 3.63) is 84.3 Å². The molecule has 1 fully saturated rings. The minimum Gasteiger partial charge on any atom is -0.497 e. The zero-order valence-electron chi connectivity index (χ0n) is 14.6. The third-order valence-corrected chi connectivity index (χ3v) is 4.32. The lowest BCUT2D eigenvalue weighted by Crippen LogP contribution is -2.30. The smallest absolute Gasteiger partial charge is 0.333 e. The number of nitrogens with zero attached hydrogens (tertiary/aromatic N) is 2. The number of para-hydroxylation sites is 1. The van der Waals surface area contributed by atoms with E-state index < -0.39 is 6.03 Å². The zero-order valence-corrected chi connectivity index (χ0v) is 14.6. The highest BCUT2D eigenvalue weighted by Crippen LogP contribution is 2.23. The molecule has 1 aliphatic rings. The van der Waals surface area contributed by atoms with Crippen molar-refractivity contribution in [1.82, 2.24) is 9.88 Å². The van der Waals surface area contributed by atoms with Crippen molar-refractivity contribution in [1.29, 1.82) is 0 Å². The summed E-state index contributed by atoms with van der Waals surface area (Å²) in [5.74, 6) is 0.385. The average Bonchev–Trinajstić information content (AvgIpc) is 3.27. The first-order chi connectivity index (χ1) is 13.2. The number of carbonyl (C=O) groups is 2. The number of nitrogens with one attached hydrogen (secondary N) is 1. The van der Waals surface area contributed by atoms with E-state index in [1.54, 1.807) is 37.5 Å². The van der Waals surface area contributed by atoms with Crippen molar-refractivity contribution in [3.8, 4) is 11.4 Å². The van der Waals surface area contributed by atoms with Crippen LogP contribution in [0.1, 0.15) is 5.69 Å². The molecule has 3 aromatic rings. The number of carbonyl (C=O) groups excluding carboxylic acids is 2. The fourth-order valence-electron chi connectivity index (χ4n) is 2.98. The van der Waals surface area contributed by atoms with Gasteiger partial charge in [-0.25, -0.2) is 9.69 Å². The number of hydrogen-bond acceptors (Lipinski definition) is 3. The van der Waals surface area contributed by atoms with Gasteiger partial charge in [0, 0.05) is 17.6 Å². The second-order valence-electron chi connectivity index (χ2n) is 5.97. The molecule has 1 saturated heterocycles. The van der Waals surface area contributed by atoms with Crippen LogP contribution in [0.25, 0.3) is 11.8 Å². The van der Waals surface area contributed by atoms with Crippen LogP contribution < -0.4 is 15.0 Å². The monoisotopic (exact) mass is 359 g/mol. The third-order valence-electron chi connectivity index (χ3n) is 4.32. The first kappa shape index (κ1) is 16.7. The van der Waals surface area contributed by atoms with Crippen molar-refractivity contribution in [2.24, 2.45) is 0 Å². The first-order valence-electron chi connectivity index (χ1n) is 8.41. The van der Waals surface area contributed by atoms with E-state index in [1.165, 1.54) is 0 Å². The van der Waals surface area contributed by atoms with Crippen molar-refractivity contribution in [3.63, 3.8) is 0 Å². The van der Waals surface area contributed by atoms with E-state index in [2.05, 4.69) is 5.32 Å². The number of methoxy groups -OCH3 is 1. The summed E-state index contributed by atoms with van der Waals surface area (Å²) in [5, 5.41) is 2.65. The predicted octanol–water partition coefficient (Wildman–Crippen LogP) is 3.58. The zero-order chi connectivity index (χ0) is 18.8. The number of hydrogen-bond donors (Lipinski definition) is 1. The fraction of sp³-hybridized carbons (Fsp3) is 0.0476. The van der Waals surface area contributed by atoms with E-state index in [1.807, 2.05) is 53.2 Å². The highest BCUT2D eigenvalue weighted by Gasteiger charge is 2.34. The van der Waals surface area contributed by atoms with Gasteiger partial charge in [-0.1, -0.05) is 18.2 Å². The van der Waals surface area contributed by atoms with Crippen LogP contribution in [-0.4, -0.2) is 23.6 Å². The maximum absolute atomic E-state index is 12.7. The molecule has 0 atom stereocenters. The molecule has 2 aromatic carbocycles. The van der Waals surface area contributed by atoms with Gasteiger partial charge >= 0.3 is 6.03 Å². The highest BCUT2D eigenvalue weighted by molar-refractivity contribution is 6.28. The van der Waals surface area contributed by atoms with Crippen molar-refractivity contribution in [2.75, 3.05) is 12.0 Å². The minimum absolute atomic E-state index is 0.234. The van der Waals surface area contributed by atoms with E-state index in [-0.39, 0.29) is 11.6 Å². The van der Waals surface area contributed by atoms with Gasteiger partial charge in [0.2, 0.25) is 0 Å². The minimum atomic E-state index is -0.458. The lowest BCUT2D eigenvalue weighted by Gasteiger charge is -2.11. The quantitative estimate of drug-likeness (QED) is 0.572. The van der Waals surface area contributed by atoms with Crippen LogP contribution in [-0.2, 0) is 4.79 Å². The molecular weight excluding hydrogens is 342 g/mol. The summed E-state index contributed by atoms with van der Waals surface area (Å²) in [7, 11) is 1.62. The molecule has 6 heteroatoms. The molecule has 4 rings (SSSR count). The number of aromatic nitrogens is 1.